The lowest BCUT2D eigenvalue weighted by Crippen LogP contribution is -2.10. The van der Waals surface area contributed by atoms with Crippen molar-refractivity contribution in [3.05, 3.63) is 74.2 Å². The molecule has 5 heteroatoms. The molecule has 0 bridgehead atoms. The molecule has 0 atom stereocenters. The van der Waals surface area contributed by atoms with Crippen LogP contribution in [0.2, 0.25) is 0 Å². The van der Waals surface area contributed by atoms with E-state index in [1.54, 1.807) is 42.5 Å². The molecule has 0 unspecified atom stereocenters. The van der Waals surface area contributed by atoms with E-state index in [0.717, 1.165) is 3.57 Å². The van der Waals surface area contributed by atoms with Gasteiger partial charge in [-0.3, -0.25) is 0 Å². The van der Waals surface area contributed by atoms with Gasteiger partial charge in [0.2, 0.25) is 0 Å². The Kier molecular flexibility index (Phi) is 3.74. The molecule has 0 fully saturated rings. The monoisotopic (exact) mass is 392 g/mol. The van der Waals surface area contributed by atoms with Gasteiger partial charge in [-0.15, -0.1) is 0 Å². The summed E-state index contributed by atoms with van der Waals surface area (Å²) < 4.78 is 11.3. The molecule has 2 aromatic carbocycles. The van der Waals surface area contributed by atoms with Crippen molar-refractivity contribution in [2.75, 3.05) is 0 Å². The Hall–Kier alpha value is -2.15. The number of hydrogen-bond donors (Lipinski definition) is 0. The van der Waals surface area contributed by atoms with Gasteiger partial charge < -0.3 is 9.15 Å². The third kappa shape index (κ3) is 2.97. The fourth-order valence-electron chi connectivity index (χ4n) is 1.94. The van der Waals surface area contributed by atoms with Gasteiger partial charge in [0.15, 0.2) is 0 Å². The lowest BCUT2D eigenvalue weighted by molar-refractivity contribution is 0.0736. The number of carbonyl (C=O) groups excluding carboxylic acids is 1. The molecule has 0 spiro atoms. The van der Waals surface area contributed by atoms with Crippen molar-refractivity contribution in [2.45, 2.75) is 0 Å². The average molecular weight is 392 g/mol. The molecular weight excluding hydrogens is 383 g/mol. The lowest BCUT2D eigenvalue weighted by Gasteiger charge is -2.06. The van der Waals surface area contributed by atoms with Crippen molar-refractivity contribution >= 4 is 39.5 Å². The number of para-hydroxylation sites is 1. The molecule has 0 saturated carbocycles. The molecule has 0 aliphatic carbocycles. The molecule has 0 saturated heterocycles. The van der Waals surface area contributed by atoms with Gasteiger partial charge in [0.1, 0.15) is 11.3 Å². The normalized spacial score (nSPS) is 10.5. The molecule has 21 heavy (non-hydrogen) atoms. The van der Waals surface area contributed by atoms with Gasteiger partial charge in [0, 0.05) is 3.57 Å². The first kappa shape index (κ1) is 13.8. The second kappa shape index (κ2) is 5.69. The number of rotatable bonds is 2. The topological polar surface area (TPSA) is 56.5 Å². The Labute approximate surface area is 133 Å². The van der Waals surface area contributed by atoms with E-state index < -0.39 is 11.6 Å². The van der Waals surface area contributed by atoms with Gasteiger partial charge >= 0.3 is 11.6 Å². The summed E-state index contributed by atoms with van der Waals surface area (Å²) in [6.45, 7) is 0. The first-order chi connectivity index (χ1) is 10.1. The minimum absolute atomic E-state index is 0.200. The van der Waals surface area contributed by atoms with E-state index in [-0.39, 0.29) is 5.75 Å². The van der Waals surface area contributed by atoms with Gasteiger partial charge in [-0.05, 0) is 52.9 Å². The quantitative estimate of drug-likeness (QED) is 0.380. The molecular formula is C16H9IO4. The summed E-state index contributed by atoms with van der Waals surface area (Å²) >= 11 is 2.12. The minimum atomic E-state index is -0.556. The number of esters is 1. The number of fused-ring (bicyclic) bond motifs is 1. The van der Waals surface area contributed by atoms with Crippen LogP contribution in [0.4, 0.5) is 0 Å². The van der Waals surface area contributed by atoms with Crippen molar-refractivity contribution in [3.63, 3.8) is 0 Å². The zero-order valence-electron chi connectivity index (χ0n) is 10.7. The van der Waals surface area contributed by atoms with Crippen LogP contribution in [0, 0.1) is 3.57 Å². The smallest absolute Gasteiger partial charge is 0.343 e. The molecule has 1 aromatic heterocycles. The van der Waals surface area contributed by atoms with E-state index in [2.05, 4.69) is 22.6 Å². The standard InChI is InChI=1S/C16H9IO4/c17-11-5-3-4-10(8-11)16(19)21-14-9-15(18)20-13-7-2-1-6-12(13)14/h1-9H. The molecule has 1 heterocycles. The minimum Gasteiger partial charge on any atom is -0.422 e. The van der Waals surface area contributed by atoms with Gasteiger partial charge in [0.25, 0.3) is 0 Å². The zero-order chi connectivity index (χ0) is 14.8. The van der Waals surface area contributed by atoms with Gasteiger partial charge in [-0.25, -0.2) is 9.59 Å². The van der Waals surface area contributed by atoms with Crippen molar-refractivity contribution in [2.24, 2.45) is 0 Å². The van der Waals surface area contributed by atoms with Crippen LogP contribution in [0.3, 0.4) is 0 Å². The van der Waals surface area contributed by atoms with Crippen LogP contribution >= 0.6 is 22.6 Å². The van der Waals surface area contributed by atoms with Gasteiger partial charge in [0.05, 0.1) is 17.0 Å². The van der Waals surface area contributed by atoms with Crippen LogP contribution in [0.25, 0.3) is 11.0 Å². The fourth-order valence-corrected chi connectivity index (χ4v) is 2.48. The Morgan fingerprint density at radius 2 is 1.86 bits per heavy atom. The highest BCUT2D eigenvalue weighted by Gasteiger charge is 2.13. The first-order valence-corrected chi connectivity index (χ1v) is 7.22. The molecule has 3 rings (SSSR count). The number of ether oxygens (including phenoxy) is 1. The summed E-state index contributed by atoms with van der Waals surface area (Å²) in [4.78, 5) is 23.7. The fraction of sp³-hybridized carbons (Fsp3) is 0. The van der Waals surface area contributed by atoms with Crippen LogP contribution in [0.5, 0.6) is 5.75 Å². The molecule has 0 N–H and O–H groups in total. The van der Waals surface area contributed by atoms with Crippen molar-refractivity contribution < 1.29 is 13.9 Å². The molecule has 4 nitrogen and oxygen atoms in total. The van der Waals surface area contributed by atoms with E-state index in [4.69, 9.17) is 9.15 Å². The molecule has 0 radical (unpaired) electrons. The second-order valence-corrected chi connectivity index (χ2v) is 5.57. The maximum atomic E-state index is 12.2. The van der Waals surface area contributed by atoms with Crippen molar-refractivity contribution in [1.82, 2.24) is 0 Å². The number of halogens is 1. The molecule has 0 aliphatic heterocycles. The number of carbonyl (C=O) groups is 1. The van der Waals surface area contributed by atoms with E-state index >= 15 is 0 Å². The number of hydrogen-bond acceptors (Lipinski definition) is 4. The Morgan fingerprint density at radius 1 is 1.05 bits per heavy atom. The van der Waals surface area contributed by atoms with E-state index in [1.165, 1.54) is 6.07 Å². The summed E-state index contributed by atoms with van der Waals surface area (Å²) in [5, 5.41) is 0.580. The highest BCUT2D eigenvalue weighted by Crippen LogP contribution is 2.24. The van der Waals surface area contributed by atoms with Gasteiger partial charge in [-0.2, -0.15) is 0 Å². The van der Waals surface area contributed by atoms with E-state index in [1.807, 2.05) is 6.07 Å². The Bertz CT molecular complexity index is 883. The van der Waals surface area contributed by atoms with Gasteiger partial charge in [-0.1, -0.05) is 18.2 Å². The zero-order valence-corrected chi connectivity index (χ0v) is 12.9. The second-order valence-electron chi connectivity index (χ2n) is 4.33. The molecule has 3 aromatic rings. The third-order valence-corrected chi connectivity index (χ3v) is 3.55. The maximum absolute atomic E-state index is 12.2. The highest BCUT2D eigenvalue weighted by atomic mass is 127. The highest BCUT2D eigenvalue weighted by molar-refractivity contribution is 14.1. The van der Waals surface area contributed by atoms with Crippen LogP contribution in [0.1, 0.15) is 10.4 Å². The molecule has 0 aliphatic rings. The third-order valence-electron chi connectivity index (χ3n) is 2.87. The summed E-state index contributed by atoms with van der Waals surface area (Å²) in [7, 11) is 0. The predicted molar refractivity (Wildman–Crippen MR) is 86.6 cm³/mol. The Morgan fingerprint density at radius 3 is 2.67 bits per heavy atom. The van der Waals surface area contributed by atoms with E-state index in [0.29, 0.717) is 16.5 Å². The summed E-state index contributed by atoms with van der Waals surface area (Å²) in [5.41, 5.74) is 0.258. The summed E-state index contributed by atoms with van der Waals surface area (Å²) in [6, 6.07) is 15.1. The average Bonchev–Trinajstić information content (AvgIpc) is 2.47. The van der Waals surface area contributed by atoms with Crippen molar-refractivity contribution in [3.8, 4) is 5.75 Å². The largest absolute Gasteiger partial charge is 0.422 e. The number of benzene rings is 2. The Balaban J connectivity index is 2.02. The molecule has 0 amide bonds. The first-order valence-electron chi connectivity index (χ1n) is 6.14. The van der Waals surface area contributed by atoms with Crippen LogP contribution in [0.15, 0.2) is 63.8 Å². The predicted octanol–water partition coefficient (Wildman–Crippen LogP) is 3.62. The van der Waals surface area contributed by atoms with Crippen LogP contribution < -0.4 is 10.4 Å². The van der Waals surface area contributed by atoms with E-state index in [9.17, 15) is 9.59 Å². The molecule has 104 valence electrons. The van der Waals surface area contributed by atoms with Crippen LogP contribution in [-0.2, 0) is 0 Å². The SMILES string of the molecule is O=C(Oc1cc(=O)oc2ccccc12)c1cccc(I)c1. The van der Waals surface area contributed by atoms with Crippen molar-refractivity contribution in [1.29, 1.82) is 0 Å². The summed E-state index contributed by atoms with van der Waals surface area (Å²) in [6.07, 6.45) is 0. The maximum Gasteiger partial charge on any atom is 0.343 e. The van der Waals surface area contributed by atoms with Crippen LogP contribution in [-0.4, -0.2) is 5.97 Å². The summed E-state index contributed by atoms with van der Waals surface area (Å²) in [5.74, 6) is -0.310. The lowest BCUT2D eigenvalue weighted by atomic mass is 10.2.